The molecule has 1 fully saturated rings. The van der Waals surface area contributed by atoms with Crippen molar-refractivity contribution in [2.24, 2.45) is 0 Å². The Bertz CT molecular complexity index is 513. The molecular formula is C22H33N3. The Labute approximate surface area is 153 Å². The van der Waals surface area contributed by atoms with Gasteiger partial charge < -0.3 is 15.5 Å². The summed E-state index contributed by atoms with van der Waals surface area (Å²) in [6.07, 6.45) is 0. The van der Waals surface area contributed by atoms with E-state index in [2.05, 4.69) is 97.0 Å². The van der Waals surface area contributed by atoms with Gasteiger partial charge in [0.2, 0.25) is 0 Å². The molecule has 2 unspecified atom stereocenters. The van der Waals surface area contributed by atoms with E-state index in [9.17, 15) is 0 Å². The summed E-state index contributed by atoms with van der Waals surface area (Å²) in [6.45, 7) is 12.2. The van der Waals surface area contributed by atoms with Gasteiger partial charge >= 0.3 is 0 Å². The molecule has 3 nitrogen and oxygen atoms in total. The van der Waals surface area contributed by atoms with Gasteiger partial charge in [0.05, 0.1) is 12.1 Å². The summed E-state index contributed by atoms with van der Waals surface area (Å²) in [5.41, 5.74) is 2.69. The highest BCUT2D eigenvalue weighted by atomic mass is 15.1. The van der Waals surface area contributed by atoms with Crippen LogP contribution in [0.25, 0.3) is 0 Å². The topological polar surface area (TPSA) is 27.3 Å². The minimum Gasteiger partial charge on any atom is -0.307 e. The maximum absolute atomic E-state index is 3.62. The first-order chi connectivity index (χ1) is 12.3. The van der Waals surface area contributed by atoms with E-state index in [0.29, 0.717) is 12.1 Å². The molecule has 1 heterocycles. The average Bonchev–Trinajstić information content (AvgIpc) is 2.71. The molecule has 0 radical (unpaired) electrons. The number of nitrogens with one attached hydrogen (secondary N) is 2. The first-order valence-corrected chi connectivity index (χ1v) is 9.59. The number of rotatable bonds is 5. The summed E-state index contributed by atoms with van der Waals surface area (Å²) in [6, 6.07) is 22.0. The molecule has 3 heteroatoms. The van der Waals surface area contributed by atoms with Crippen LogP contribution in [0.4, 0.5) is 0 Å². The minimum atomic E-state index is 0.349. The number of hydrogen-bond acceptors (Lipinski definition) is 3. The third kappa shape index (κ3) is 5.96. The fourth-order valence-electron chi connectivity index (χ4n) is 3.30. The van der Waals surface area contributed by atoms with E-state index in [1.54, 1.807) is 0 Å². The van der Waals surface area contributed by atoms with Crippen molar-refractivity contribution in [2.75, 3.05) is 32.7 Å². The zero-order valence-electron chi connectivity index (χ0n) is 15.9. The van der Waals surface area contributed by atoms with Crippen LogP contribution in [0.1, 0.15) is 44.0 Å². The van der Waals surface area contributed by atoms with Crippen LogP contribution in [-0.4, -0.2) is 37.6 Å². The largest absolute Gasteiger partial charge is 0.307 e. The normalized spacial score (nSPS) is 20.0. The first kappa shape index (κ1) is 19.6. The smallest absolute Gasteiger partial charge is 0.0518 e. The van der Waals surface area contributed by atoms with Gasteiger partial charge in [-0.1, -0.05) is 81.4 Å². The molecule has 136 valence electrons. The van der Waals surface area contributed by atoms with Crippen molar-refractivity contribution in [2.45, 2.75) is 32.9 Å². The van der Waals surface area contributed by atoms with Crippen LogP contribution in [0.3, 0.4) is 0 Å². The van der Waals surface area contributed by atoms with Crippen LogP contribution in [0.15, 0.2) is 60.7 Å². The third-order valence-electron chi connectivity index (χ3n) is 4.85. The van der Waals surface area contributed by atoms with Gasteiger partial charge in [-0.3, -0.25) is 0 Å². The van der Waals surface area contributed by atoms with E-state index in [1.807, 2.05) is 0 Å². The molecule has 1 aliphatic rings. The molecule has 2 N–H and O–H groups in total. The number of piperazine rings is 1. The molecule has 0 spiro atoms. The Morgan fingerprint density at radius 1 is 0.680 bits per heavy atom. The van der Waals surface area contributed by atoms with Gasteiger partial charge in [-0.05, 0) is 30.8 Å². The predicted molar refractivity (Wildman–Crippen MR) is 108 cm³/mol. The summed E-state index contributed by atoms with van der Waals surface area (Å²) < 4.78 is 0. The van der Waals surface area contributed by atoms with Gasteiger partial charge in [0.15, 0.2) is 0 Å². The van der Waals surface area contributed by atoms with Crippen LogP contribution in [0, 0.1) is 0 Å². The third-order valence-corrected chi connectivity index (χ3v) is 4.85. The molecule has 2 aromatic carbocycles. The quantitative estimate of drug-likeness (QED) is 0.862. The van der Waals surface area contributed by atoms with Gasteiger partial charge in [0.25, 0.3) is 0 Å². The zero-order valence-corrected chi connectivity index (χ0v) is 15.9. The molecule has 2 aromatic rings. The van der Waals surface area contributed by atoms with Crippen molar-refractivity contribution in [1.82, 2.24) is 15.5 Å². The lowest BCUT2D eigenvalue weighted by atomic mass is 9.92. The highest BCUT2D eigenvalue weighted by Crippen LogP contribution is 2.30. The molecule has 2 atom stereocenters. The van der Waals surface area contributed by atoms with Crippen molar-refractivity contribution in [3.05, 3.63) is 71.8 Å². The highest BCUT2D eigenvalue weighted by molar-refractivity contribution is 5.28. The van der Waals surface area contributed by atoms with E-state index in [4.69, 9.17) is 0 Å². The second-order valence-electron chi connectivity index (χ2n) is 6.30. The Morgan fingerprint density at radius 3 is 1.32 bits per heavy atom. The maximum atomic E-state index is 3.62. The Morgan fingerprint density at radius 2 is 1.04 bits per heavy atom. The van der Waals surface area contributed by atoms with Crippen molar-refractivity contribution in [3.63, 3.8) is 0 Å². The van der Waals surface area contributed by atoms with Crippen molar-refractivity contribution < 1.29 is 0 Å². The summed E-state index contributed by atoms with van der Waals surface area (Å²) in [4.78, 5) is 2.38. The van der Waals surface area contributed by atoms with Crippen LogP contribution in [0.5, 0.6) is 0 Å². The molecule has 0 saturated carbocycles. The molecule has 0 aliphatic carbocycles. The molecule has 3 rings (SSSR count). The molecule has 0 aromatic heterocycles. The van der Waals surface area contributed by atoms with Gasteiger partial charge in [-0.15, -0.1) is 0 Å². The molecular weight excluding hydrogens is 306 g/mol. The Hall–Kier alpha value is -1.68. The van der Waals surface area contributed by atoms with Crippen LogP contribution in [0.2, 0.25) is 0 Å². The van der Waals surface area contributed by atoms with Gasteiger partial charge in [0, 0.05) is 13.1 Å². The monoisotopic (exact) mass is 339 g/mol. The second kappa shape index (κ2) is 11.0. The summed E-state index contributed by atoms with van der Waals surface area (Å²) in [7, 11) is 0. The van der Waals surface area contributed by atoms with Crippen molar-refractivity contribution in [3.8, 4) is 0 Å². The molecule has 1 aliphatic heterocycles. The van der Waals surface area contributed by atoms with E-state index in [1.165, 1.54) is 30.8 Å². The second-order valence-corrected chi connectivity index (χ2v) is 6.30. The molecule has 0 bridgehead atoms. The van der Waals surface area contributed by atoms with E-state index >= 15 is 0 Å². The highest BCUT2D eigenvalue weighted by Gasteiger charge is 2.26. The number of nitrogens with zero attached hydrogens (tertiary/aromatic N) is 1. The van der Waals surface area contributed by atoms with Crippen LogP contribution < -0.4 is 10.6 Å². The van der Waals surface area contributed by atoms with E-state index in [0.717, 1.165) is 13.1 Å². The summed E-state index contributed by atoms with van der Waals surface area (Å²) in [5, 5.41) is 7.24. The molecule has 1 saturated heterocycles. The standard InChI is InChI=1S/C16H18N2.C6H15N/c1-3-7-13(8-4-1)15-16(18-12-11-17-15)14-9-5-2-6-10-14;1-4-7(5-2)6-3/h1-10,15-18H,11-12H2;4-6H2,1-3H3. The van der Waals surface area contributed by atoms with Crippen LogP contribution in [-0.2, 0) is 0 Å². The first-order valence-electron chi connectivity index (χ1n) is 9.59. The lowest BCUT2D eigenvalue weighted by molar-refractivity contribution is 0.321. The maximum Gasteiger partial charge on any atom is 0.0518 e. The molecule has 25 heavy (non-hydrogen) atoms. The van der Waals surface area contributed by atoms with Crippen molar-refractivity contribution >= 4 is 0 Å². The average molecular weight is 340 g/mol. The Balaban J connectivity index is 0.000000277. The van der Waals surface area contributed by atoms with Gasteiger partial charge in [-0.25, -0.2) is 0 Å². The van der Waals surface area contributed by atoms with Crippen LogP contribution >= 0.6 is 0 Å². The number of benzene rings is 2. The number of hydrogen-bond donors (Lipinski definition) is 2. The summed E-state index contributed by atoms with van der Waals surface area (Å²) in [5.74, 6) is 0. The van der Waals surface area contributed by atoms with Gasteiger partial charge in [-0.2, -0.15) is 0 Å². The fraction of sp³-hybridized carbons (Fsp3) is 0.455. The summed E-state index contributed by atoms with van der Waals surface area (Å²) >= 11 is 0. The van der Waals surface area contributed by atoms with E-state index in [-0.39, 0.29) is 0 Å². The Kier molecular flexibility index (Phi) is 8.67. The van der Waals surface area contributed by atoms with Crippen molar-refractivity contribution in [1.29, 1.82) is 0 Å². The molecule has 0 amide bonds. The van der Waals surface area contributed by atoms with Gasteiger partial charge in [0.1, 0.15) is 0 Å². The zero-order chi connectivity index (χ0) is 17.9. The predicted octanol–water partition coefficient (Wildman–Crippen LogP) is 4.01. The fourth-order valence-corrected chi connectivity index (χ4v) is 3.30. The lowest BCUT2D eigenvalue weighted by Crippen LogP contribution is -2.45. The minimum absolute atomic E-state index is 0.349. The SMILES string of the molecule is CCN(CC)CC.c1ccc(C2NCCNC2c2ccccc2)cc1. The lowest BCUT2D eigenvalue weighted by Gasteiger charge is -2.34. The van der Waals surface area contributed by atoms with E-state index < -0.39 is 0 Å².